The third-order valence-corrected chi connectivity index (χ3v) is 15.3. The standard InChI is InChI=1S/C59H114O17P2/c1-8-9-10-11-16-26-33-40-56(61)69-46-55(76-59(64)43-36-29-22-20-25-32-39-52(6)7)49-74-78(67,68)72-45-53(60)44-71-77(65,66)73-48-54(47-70-57(62)41-34-27-21-19-24-31-38-51(4)5)75-58(63)42-35-28-18-15-13-12-14-17-23-30-37-50(2)3/h50-55,60H,8-49H2,1-7H3,(H,65,66)(H,67,68)/t53-,54-,55-/m1/s1. The van der Waals surface area contributed by atoms with Crippen LogP contribution in [-0.2, 0) is 65.4 Å². The molecule has 17 nitrogen and oxygen atoms in total. The van der Waals surface area contributed by atoms with Crippen LogP contribution < -0.4 is 0 Å². The van der Waals surface area contributed by atoms with Gasteiger partial charge in [0.25, 0.3) is 0 Å². The van der Waals surface area contributed by atoms with Gasteiger partial charge in [0, 0.05) is 25.7 Å². The molecule has 0 aliphatic heterocycles. The highest BCUT2D eigenvalue weighted by atomic mass is 31.2. The summed E-state index contributed by atoms with van der Waals surface area (Å²) in [4.78, 5) is 71.8. The predicted octanol–water partition coefficient (Wildman–Crippen LogP) is 15.6. The van der Waals surface area contributed by atoms with Crippen molar-refractivity contribution in [2.45, 2.75) is 298 Å². The second-order valence-corrected chi connectivity index (χ2v) is 25.7. The number of aliphatic hydroxyl groups is 1. The molecule has 19 heteroatoms. The van der Waals surface area contributed by atoms with Gasteiger partial charge in [-0.2, -0.15) is 0 Å². The van der Waals surface area contributed by atoms with Crippen LogP contribution >= 0.6 is 15.6 Å². The molecule has 0 bridgehead atoms. The van der Waals surface area contributed by atoms with E-state index in [0.717, 1.165) is 115 Å². The van der Waals surface area contributed by atoms with E-state index in [9.17, 15) is 43.2 Å². The van der Waals surface area contributed by atoms with Crippen molar-refractivity contribution in [3.63, 3.8) is 0 Å². The summed E-state index contributed by atoms with van der Waals surface area (Å²) in [6.07, 6.45) is 29.8. The van der Waals surface area contributed by atoms with E-state index in [-0.39, 0.29) is 25.7 Å². The molecule has 5 atom stereocenters. The number of phosphoric acid groups is 2. The molecule has 0 saturated heterocycles. The smallest absolute Gasteiger partial charge is 0.462 e. The monoisotopic (exact) mass is 1160 g/mol. The lowest BCUT2D eigenvalue weighted by Crippen LogP contribution is -2.30. The van der Waals surface area contributed by atoms with Crippen molar-refractivity contribution in [3.05, 3.63) is 0 Å². The van der Waals surface area contributed by atoms with Gasteiger partial charge in [-0.25, -0.2) is 9.13 Å². The van der Waals surface area contributed by atoms with Crippen molar-refractivity contribution in [1.29, 1.82) is 0 Å². The van der Waals surface area contributed by atoms with Crippen LogP contribution in [0, 0.1) is 17.8 Å². The number of rotatable bonds is 57. The summed E-state index contributed by atoms with van der Waals surface area (Å²) < 4.78 is 67.6. The molecule has 0 rings (SSSR count). The summed E-state index contributed by atoms with van der Waals surface area (Å²) in [5.41, 5.74) is 0. The summed E-state index contributed by atoms with van der Waals surface area (Å²) in [7, 11) is -9.87. The van der Waals surface area contributed by atoms with Crippen LogP contribution in [0.4, 0.5) is 0 Å². The van der Waals surface area contributed by atoms with Gasteiger partial charge in [0.1, 0.15) is 19.3 Å². The van der Waals surface area contributed by atoms with E-state index >= 15 is 0 Å². The highest BCUT2D eigenvalue weighted by Crippen LogP contribution is 2.45. The van der Waals surface area contributed by atoms with Crippen LogP contribution in [0.25, 0.3) is 0 Å². The zero-order valence-corrected chi connectivity index (χ0v) is 51.9. The molecular weight excluding hydrogens is 1040 g/mol. The minimum atomic E-state index is -4.94. The van der Waals surface area contributed by atoms with Crippen LogP contribution in [0.3, 0.4) is 0 Å². The zero-order valence-electron chi connectivity index (χ0n) is 50.1. The summed E-state index contributed by atoms with van der Waals surface area (Å²) in [6, 6.07) is 0. The number of hydrogen-bond donors (Lipinski definition) is 3. The number of carbonyl (C=O) groups excluding carboxylic acids is 4. The average Bonchev–Trinajstić information content (AvgIpc) is 3.38. The van der Waals surface area contributed by atoms with Gasteiger partial charge in [-0.15, -0.1) is 0 Å². The number of phosphoric ester groups is 2. The first-order chi connectivity index (χ1) is 37.2. The molecule has 0 aromatic heterocycles. The van der Waals surface area contributed by atoms with E-state index in [2.05, 4.69) is 48.5 Å². The third kappa shape index (κ3) is 53.4. The fourth-order valence-corrected chi connectivity index (χ4v) is 10.2. The fourth-order valence-electron chi connectivity index (χ4n) is 8.60. The van der Waals surface area contributed by atoms with Crippen LogP contribution in [0.1, 0.15) is 280 Å². The Balaban J connectivity index is 5.21. The molecule has 0 radical (unpaired) electrons. The molecule has 0 aromatic carbocycles. The number of carbonyl (C=O) groups is 4. The van der Waals surface area contributed by atoms with E-state index in [1.54, 1.807) is 0 Å². The Hall–Kier alpha value is -1.94. The molecular formula is C59H114O17P2. The summed E-state index contributed by atoms with van der Waals surface area (Å²) in [5, 5.41) is 10.5. The van der Waals surface area contributed by atoms with Crippen molar-refractivity contribution in [3.8, 4) is 0 Å². The highest BCUT2D eigenvalue weighted by Gasteiger charge is 2.30. The van der Waals surface area contributed by atoms with Gasteiger partial charge in [0.15, 0.2) is 12.2 Å². The van der Waals surface area contributed by atoms with Crippen LogP contribution in [0.15, 0.2) is 0 Å². The maximum Gasteiger partial charge on any atom is 0.472 e. The van der Waals surface area contributed by atoms with Gasteiger partial charge in [-0.1, -0.05) is 228 Å². The lowest BCUT2D eigenvalue weighted by Gasteiger charge is -2.21. The van der Waals surface area contributed by atoms with E-state index in [1.165, 1.54) is 70.6 Å². The molecule has 0 spiro atoms. The summed E-state index contributed by atoms with van der Waals surface area (Å²) in [5.74, 6) is -0.0518. The van der Waals surface area contributed by atoms with Gasteiger partial charge in [-0.3, -0.25) is 37.3 Å². The van der Waals surface area contributed by atoms with Crippen molar-refractivity contribution >= 4 is 39.5 Å². The number of hydrogen-bond acceptors (Lipinski definition) is 15. The maximum atomic E-state index is 12.9. The number of esters is 4. The molecule has 0 heterocycles. The Bertz CT molecular complexity index is 1560. The van der Waals surface area contributed by atoms with Crippen molar-refractivity contribution < 1.29 is 80.2 Å². The van der Waals surface area contributed by atoms with Gasteiger partial charge in [0.2, 0.25) is 0 Å². The Labute approximate surface area is 473 Å². The minimum absolute atomic E-state index is 0.101. The molecule has 0 fully saturated rings. The first-order valence-electron chi connectivity index (χ1n) is 30.8. The number of unbranched alkanes of at least 4 members (excludes halogenated alkanes) is 25. The van der Waals surface area contributed by atoms with Crippen LogP contribution in [0.2, 0.25) is 0 Å². The highest BCUT2D eigenvalue weighted by molar-refractivity contribution is 7.47. The van der Waals surface area contributed by atoms with E-state index < -0.39 is 97.5 Å². The number of aliphatic hydroxyl groups excluding tert-OH is 1. The van der Waals surface area contributed by atoms with Crippen molar-refractivity contribution in [1.82, 2.24) is 0 Å². The van der Waals surface area contributed by atoms with Gasteiger partial charge >= 0.3 is 39.5 Å². The lowest BCUT2D eigenvalue weighted by atomic mass is 10.0. The zero-order chi connectivity index (χ0) is 58.1. The van der Waals surface area contributed by atoms with Crippen molar-refractivity contribution in [2.75, 3.05) is 39.6 Å². The van der Waals surface area contributed by atoms with E-state index in [1.807, 2.05) is 0 Å². The largest absolute Gasteiger partial charge is 0.472 e. The Morgan fingerprint density at radius 1 is 0.346 bits per heavy atom. The van der Waals surface area contributed by atoms with Crippen molar-refractivity contribution in [2.24, 2.45) is 17.8 Å². The normalized spacial score (nSPS) is 14.5. The molecule has 462 valence electrons. The first kappa shape index (κ1) is 76.1. The Morgan fingerprint density at radius 3 is 0.872 bits per heavy atom. The molecule has 0 saturated carbocycles. The summed E-state index contributed by atoms with van der Waals surface area (Å²) in [6.45, 7) is 11.5. The molecule has 2 unspecified atom stereocenters. The topological polar surface area (TPSA) is 237 Å². The molecule has 0 aromatic rings. The SMILES string of the molecule is CCCCCCCCCC(=O)OC[C@H](COP(=O)(O)OC[C@H](O)COP(=O)(O)OC[C@@H](COC(=O)CCCCCCCCC(C)C)OC(=O)CCCCCCCCCCCCC(C)C)OC(=O)CCCCCCCCC(C)C. The quantitative estimate of drug-likeness (QED) is 0.0222. The third-order valence-electron chi connectivity index (χ3n) is 13.4. The molecule has 3 N–H and O–H groups in total. The fraction of sp³-hybridized carbons (Fsp3) is 0.932. The van der Waals surface area contributed by atoms with Crippen LogP contribution in [-0.4, -0.2) is 96.7 Å². The van der Waals surface area contributed by atoms with Gasteiger partial charge in [-0.05, 0) is 43.4 Å². The molecule has 0 amide bonds. The van der Waals surface area contributed by atoms with Crippen LogP contribution in [0.5, 0.6) is 0 Å². The average molecular weight is 1160 g/mol. The van der Waals surface area contributed by atoms with E-state index in [0.29, 0.717) is 37.5 Å². The Morgan fingerprint density at radius 2 is 0.590 bits per heavy atom. The lowest BCUT2D eigenvalue weighted by molar-refractivity contribution is -0.161. The first-order valence-corrected chi connectivity index (χ1v) is 33.8. The second-order valence-electron chi connectivity index (χ2n) is 22.8. The molecule has 78 heavy (non-hydrogen) atoms. The minimum Gasteiger partial charge on any atom is -0.462 e. The second kappa shape index (κ2) is 50.8. The number of ether oxygens (including phenoxy) is 4. The van der Waals surface area contributed by atoms with E-state index in [4.69, 9.17) is 37.0 Å². The summed E-state index contributed by atoms with van der Waals surface area (Å²) >= 11 is 0. The predicted molar refractivity (Wildman–Crippen MR) is 308 cm³/mol. The Kier molecular flexibility index (Phi) is 49.5. The molecule has 0 aliphatic carbocycles. The molecule has 0 aliphatic rings. The van der Waals surface area contributed by atoms with Gasteiger partial charge in [0.05, 0.1) is 26.4 Å². The van der Waals surface area contributed by atoms with Gasteiger partial charge < -0.3 is 33.8 Å². The maximum absolute atomic E-state index is 12.9.